The van der Waals surface area contributed by atoms with Gasteiger partial charge in [-0.2, -0.15) is 0 Å². The molecule has 3 unspecified atom stereocenters. The molecule has 2 aliphatic heterocycles. The molecule has 0 aromatic carbocycles. The van der Waals surface area contributed by atoms with Crippen LogP contribution < -0.4 is 10.9 Å². The lowest BCUT2D eigenvalue weighted by Crippen LogP contribution is -2.44. The third kappa shape index (κ3) is 4.53. The molecule has 2 saturated heterocycles. The molecule has 1 aromatic rings. The van der Waals surface area contributed by atoms with Gasteiger partial charge in [-0.15, -0.1) is 5.10 Å². The van der Waals surface area contributed by atoms with E-state index in [2.05, 4.69) is 39.9 Å². The van der Waals surface area contributed by atoms with Gasteiger partial charge in [0.05, 0.1) is 18.3 Å². The highest BCUT2D eigenvalue weighted by Crippen LogP contribution is 2.23. The zero-order valence-electron chi connectivity index (χ0n) is 15.1. The van der Waals surface area contributed by atoms with Gasteiger partial charge in [-0.05, 0) is 38.5 Å². The van der Waals surface area contributed by atoms with Crippen molar-refractivity contribution < 1.29 is 5.11 Å². The fraction of sp³-hybridized carbons (Fsp3) is 0.882. The highest BCUT2D eigenvalue weighted by Gasteiger charge is 2.28. The van der Waals surface area contributed by atoms with Crippen LogP contribution in [0.5, 0.6) is 0 Å². The summed E-state index contributed by atoms with van der Waals surface area (Å²) in [6.07, 6.45) is 6.00. The van der Waals surface area contributed by atoms with E-state index in [0.29, 0.717) is 23.8 Å². The van der Waals surface area contributed by atoms with Crippen molar-refractivity contribution >= 4 is 0 Å². The number of piperidine rings is 1. The molecule has 3 atom stereocenters. The van der Waals surface area contributed by atoms with Crippen molar-refractivity contribution in [2.24, 2.45) is 5.92 Å². The van der Waals surface area contributed by atoms with E-state index < -0.39 is 6.10 Å². The number of rotatable bonds is 6. The molecule has 0 aliphatic carbocycles. The smallest absolute Gasteiger partial charge is 0.111 e. The standard InChI is InChI=1S/C17H32N6O/c1-12(2)8-14-9-15(19-18-14)10-22-6-4-16(5-7-22)23-11-17(13(3)24)20-21-23/h11-16,18-19,24H,4-10H2,1-3H3. The fourth-order valence-corrected chi connectivity index (χ4v) is 3.88. The molecule has 3 heterocycles. The van der Waals surface area contributed by atoms with Gasteiger partial charge in [0.15, 0.2) is 0 Å². The first kappa shape index (κ1) is 17.8. The highest BCUT2D eigenvalue weighted by molar-refractivity contribution is 4.97. The minimum absolute atomic E-state index is 0.407. The predicted molar refractivity (Wildman–Crippen MR) is 93.3 cm³/mol. The molecule has 136 valence electrons. The Kier molecular flexibility index (Phi) is 5.86. The maximum absolute atomic E-state index is 9.58. The van der Waals surface area contributed by atoms with Crippen molar-refractivity contribution in [1.82, 2.24) is 30.7 Å². The molecule has 0 amide bonds. The molecular formula is C17H32N6O. The van der Waals surface area contributed by atoms with Crippen LogP contribution in [0, 0.1) is 5.92 Å². The maximum atomic E-state index is 9.58. The summed E-state index contributed by atoms with van der Waals surface area (Å²) in [5, 5.41) is 17.8. The summed E-state index contributed by atoms with van der Waals surface area (Å²) in [6.45, 7) is 9.61. The number of aliphatic hydroxyl groups excluding tert-OH is 1. The summed E-state index contributed by atoms with van der Waals surface area (Å²) < 4.78 is 1.94. The molecule has 0 bridgehead atoms. The van der Waals surface area contributed by atoms with Crippen molar-refractivity contribution in [2.75, 3.05) is 19.6 Å². The number of nitrogens with zero attached hydrogens (tertiary/aromatic N) is 4. The molecule has 0 spiro atoms. The van der Waals surface area contributed by atoms with E-state index in [1.807, 2.05) is 10.9 Å². The van der Waals surface area contributed by atoms with E-state index in [9.17, 15) is 5.11 Å². The summed E-state index contributed by atoms with van der Waals surface area (Å²) in [6, 6.07) is 1.57. The first-order chi connectivity index (χ1) is 11.5. The summed E-state index contributed by atoms with van der Waals surface area (Å²) in [7, 11) is 0. The van der Waals surface area contributed by atoms with Gasteiger partial charge in [0.25, 0.3) is 0 Å². The molecule has 1 aromatic heterocycles. The number of hydrogen-bond donors (Lipinski definition) is 3. The second kappa shape index (κ2) is 7.91. The Morgan fingerprint density at radius 1 is 1.21 bits per heavy atom. The van der Waals surface area contributed by atoms with Gasteiger partial charge in [0.2, 0.25) is 0 Å². The Balaban J connectivity index is 1.42. The van der Waals surface area contributed by atoms with E-state index in [0.717, 1.165) is 38.4 Å². The van der Waals surface area contributed by atoms with E-state index in [1.54, 1.807) is 6.92 Å². The lowest BCUT2D eigenvalue weighted by molar-refractivity contribution is 0.165. The van der Waals surface area contributed by atoms with Crippen LogP contribution in [0.25, 0.3) is 0 Å². The number of hydrazine groups is 1. The van der Waals surface area contributed by atoms with Crippen LogP contribution in [-0.4, -0.2) is 56.7 Å². The molecule has 0 radical (unpaired) electrons. The second-order valence-electron chi connectivity index (χ2n) is 7.88. The molecule has 3 N–H and O–H groups in total. The molecule has 3 rings (SSSR count). The number of aliphatic hydroxyl groups is 1. The van der Waals surface area contributed by atoms with E-state index in [1.165, 1.54) is 12.8 Å². The second-order valence-corrected chi connectivity index (χ2v) is 7.88. The summed E-state index contributed by atoms with van der Waals surface area (Å²) >= 11 is 0. The molecule has 7 heteroatoms. The molecule has 7 nitrogen and oxygen atoms in total. The average molecular weight is 336 g/mol. The van der Waals surface area contributed by atoms with Crippen LogP contribution in [0.3, 0.4) is 0 Å². The third-order valence-electron chi connectivity index (χ3n) is 5.18. The number of aromatic nitrogens is 3. The maximum Gasteiger partial charge on any atom is 0.111 e. The van der Waals surface area contributed by atoms with Crippen molar-refractivity contribution in [3.8, 4) is 0 Å². The van der Waals surface area contributed by atoms with Gasteiger partial charge in [-0.25, -0.2) is 4.68 Å². The number of nitrogens with one attached hydrogen (secondary N) is 2. The first-order valence-corrected chi connectivity index (χ1v) is 9.34. The third-order valence-corrected chi connectivity index (χ3v) is 5.18. The van der Waals surface area contributed by atoms with Crippen molar-refractivity contribution in [1.29, 1.82) is 0 Å². The first-order valence-electron chi connectivity index (χ1n) is 9.34. The Bertz CT molecular complexity index is 509. The summed E-state index contributed by atoms with van der Waals surface area (Å²) in [4.78, 5) is 2.56. The van der Waals surface area contributed by atoms with E-state index in [-0.39, 0.29) is 0 Å². The monoisotopic (exact) mass is 336 g/mol. The molecule has 24 heavy (non-hydrogen) atoms. The summed E-state index contributed by atoms with van der Waals surface area (Å²) in [5.74, 6) is 0.744. The van der Waals surface area contributed by atoms with E-state index >= 15 is 0 Å². The van der Waals surface area contributed by atoms with Gasteiger partial charge in [0, 0.05) is 31.7 Å². The van der Waals surface area contributed by atoms with Crippen LogP contribution in [0.1, 0.15) is 64.3 Å². The van der Waals surface area contributed by atoms with Crippen molar-refractivity contribution in [3.63, 3.8) is 0 Å². The lowest BCUT2D eigenvalue weighted by atomic mass is 9.99. The Morgan fingerprint density at radius 3 is 2.54 bits per heavy atom. The minimum atomic E-state index is -0.543. The van der Waals surface area contributed by atoms with Gasteiger partial charge in [0.1, 0.15) is 5.69 Å². The van der Waals surface area contributed by atoms with Gasteiger partial charge in [-0.1, -0.05) is 19.1 Å². The highest BCUT2D eigenvalue weighted by atomic mass is 16.3. The van der Waals surface area contributed by atoms with Crippen LogP contribution in [0.15, 0.2) is 6.20 Å². The largest absolute Gasteiger partial charge is 0.387 e. The van der Waals surface area contributed by atoms with Crippen molar-refractivity contribution in [3.05, 3.63) is 11.9 Å². The zero-order valence-corrected chi connectivity index (χ0v) is 15.1. The summed E-state index contributed by atoms with van der Waals surface area (Å²) in [5.41, 5.74) is 7.59. The van der Waals surface area contributed by atoms with Gasteiger partial charge < -0.3 is 10.0 Å². The molecule has 0 saturated carbocycles. The van der Waals surface area contributed by atoms with Gasteiger partial charge in [-0.3, -0.25) is 10.9 Å². The Labute approximate surface area is 144 Å². The van der Waals surface area contributed by atoms with Crippen LogP contribution in [-0.2, 0) is 0 Å². The number of hydrogen-bond acceptors (Lipinski definition) is 6. The normalized spacial score (nSPS) is 27.9. The minimum Gasteiger partial charge on any atom is -0.387 e. The van der Waals surface area contributed by atoms with Crippen molar-refractivity contribution in [2.45, 2.75) is 70.7 Å². The van der Waals surface area contributed by atoms with E-state index in [4.69, 9.17) is 0 Å². The Morgan fingerprint density at radius 2 is 1.92 bits per heavy atom. The lowest BCUT2D eigenvalue weighted by Gasteiger charge is -2.33. The quantitative estimate of drug-likeness (QED) is 0.726. The zero-order chi connectivity index (χ0) is 17.1. The average Bonchev–Trinajstić information content (AvgIpc) is 3.17. The fourth-order valence-electron chi connectivity index (χ4n) is 3.88. The Hall–Kier alpha value is -1.02. The molecule has 2 fully saturated rings. The topological polar surface area (TPSA) is 78.2 Å². The SMILES string of the molecule is CC(C)CC1CC(CN2CCC(n3cc(C(C)O)nn3)CC2)NN1. The van der Waals surface area contributed by atoms with Gasteiger partial charge >= 0.3 is 0 Å². The molecular weight excluding hydrogens is 304 g/mol. The molecule has 2 aliphatic rings. The van der Waals surface area contributed by atoms with Crippen LogP contribution in [0.2, 0.25) is 0 Å². The van der Waals surface area contributed by atoms with Crippen LogP contribution in [0.4, 0.5) is 0 Å². The predicted octanol–water partition coefficient (Wildman–Crippen LogP) is 1.25. The number of likely N-dealkylation sites (tertiary alicyclic amines) is 1. The van der Waals surface area contributed by atoms with Crippen LogP contribution >= 0.6 is 0 Å².